The summed E-state index contributed by atoms with van der Waals surface area (Å²) in [5.41, 5.74) is 2.56. The normalized spacial score (nSPS) is 19.6. The molecular weight excluding hydrogens is 372 g/mol. The number of fused-ring (bicyclic) bond motifs is 1. The molecule has 8 heteroatoms. The highest BCUT2D eigenvalue weighted by molar-refractivity contribution is 5.93. The van der Waals surface area contributed by atoms with Gasteiger partial charge in [0, 0.05) is 35.9 Å². The summed E-state index contributed by atoms with van der Waals surface area (Å²) in [6.45, 7) is 1.70. The van der Waals surface area contributed by atoms with Crippen LogP contribution in [0, 0.1) is 10.1 Å². The smallest absolute Gasteiger partial charge is 0.334 e. The Morgan fingerprint density at radius 3 is 2.62 bits per heavy atom. The Morgan fingerprint density at radius 2 is 1.97 bits per heavy atom. The van der Waals surface area contributed by atoms with E-state index in [1.165, 1.54) is 12.5 Å². The molecule has 0 radical (unpaired) electrons. The zero-order valence-corrected chi connectivity index (χ0v) is 16.5. The number of rotatable bonds is 4. The summed E-state index contributed by atoms with van der Waals surface area (Å²) in [4.78, 5) is 23.5. The molecule has 1 aliphatic heterocycles. The van der Waals surface area contributed by atoms with Crippen molar-refractivity contribution in [1.29, 1.82) is 0 Å². The number of anilines is 1. The lowest BCUT2D eigenvalue weighted by molar-refractivity contribution is -0.385. The number of aliphatic carboxylic acids is 1. The van der Waals surface area contributed by atoms with Gasteiger partial charge in [0.05, 0.1) is 22.1 Å². The Morgan fingerprint density at radius 1 is 1.28 bits per heavy atom. The molecule has 1 aromatic carbocycles. The van der Waals surface area contributed by atoms with E-state index in [1.807, 2.05) is 7.05 Å². The summed E-state index contributed by atoms with van der Waals surface area (Å²) in [5, 5.41) is 29.7. The average molecular weight is 396 g/mol. The first-order valence-electron chi connectivity index (χ1n) is 9.91. The van der Waals surface area contributed by atoms with Gasteiger partial charge in [0.25, 0.3) is 5.69 Å². The monoisotopic (exact) mass is 396 g/mol. The molecule has 1 aliphatic carbocycles. The van der Waals surface area contributed by atoms with E-state index in [0.29, 0.717) is 11.3 Å². The molecule has 0 spiro atoms. The van der Waals surface area contributed by atoms with Crippen molar-refractivity contribution in [3.05, 3.63) is 62.5 Å². The topological polar surface area (TPSA) is 110 Å². The summed E-state index contributed by atoms with van der Waals surface area (Å²) in [5.74, 6) is -0.867. The maximum atomic E-state index is 12.2. The molecule has 1 aromatic heterocycles. The van der Waals surface area contributed by atoms with Gasteiger partial charge in [-0.15, -0.1) is 0 Å². The minimum absolute atomic E-state index is 0.0738. The number of benzene rings is 1. The maximum Gasteiger partial charge on any atom is 0.334 e. The van der Waals surface area contributed by atoms with Crippen molar-refractivity contribution in [3.63, 3.8) is 0 Å². The first-order chi connectivity index (χ1) is 13.9. The van der Waals surface area contributed by atoms with Gasteiger partial charge in [-0.3, -0.25) is 14.8 Å². The number of nitro groups is 1. The summed E-state index contributed by atoms with van der Waals surface area (Å²) in [6, 6.07) is 6.41. The second-order valence-corrected chi connectivity index (χ2v) is 7.82. The van der Waals surface area contributed by atoms with E-state index >= 15 is 0 Å². The van der Waals surface area contributed by atoms with Crippen LogP contribution in [0.5, 0.6) is 0 Å². The lowest BCUT2D eigenvalue weighted by Crippen LogP contribution is -2.24. The van der Waals surface area contributed by atoms with E-state index in [1.54, 1.807) is 29.8 Å². The van der Waals surface area contributed by atoms with Crippen LogP contribution in [-0.2, 0) is 11.8 Å². The number of allylic oxidation sites excluding steroid dienone is 1. The summed E-state index contributed by atoms with van der Waals surface area (Å²) >= 11 is 0. The fourth-order valence-electron chi connectivity index (χ4n) is 4.77. The zero-order valence-electron chi connectivity index (χ0n) is 16.5. The molecule has 8 nitrogen and oxygen atoms in total. The number of aryl methyl sites for hydroxylation is 1. The predicted octanol–water partition coefficient (Wildman–Crippen LogP) is 4.29. The van der Waals surface area contributed by atoms with Crippen molar-refractivity contribution in [1.82, 2.24) is 9.78 Å². The molecule has 2 aromatic rings. The third-order valence-electron chi connectivity index (χ3n) is 6.07. The van der Waals surface area contributed by atoms with Gasteiger partial charge in [-0.05, 0) is 19.8 Å². The zero-order chi connectivity index (χ0) is 20.7. The number of nitrogens with zero attached hydrogens (tertiary/aromatic N) is 3. The number of nitro benzene ring substituents is 1. The van der Waals surface area contributed by atoms with E-state index < -0.39 is 16.8 Å². The molecule has 0 saturated heterocycles. The van der Waals surface area contributed by atoms with Gasteiger partial charge >= 0.3 is 5.97 Å². The molecule has 1 fully saturated rings. The first-order valence-corrected chi connectivity index (χ1v) is 9.91. The fraction of sp³-hybridized carbons (Fsp3) is 0.429. The van der Waals surface area contributed by atoms with Crippen LogP contribution >= 0.6 is 0 Å². The van der Waals surface area contributed by atoms with Crippen molar-refractivity contribution in [2.75, 3.05) is 5.32 Å². The van der Waals surface area contributed by atoms with Crippen molar-refractivity contribution < 1.29 is 14.8 Å². The molecule has 2 aliphatic rings. The lowest BCUT2D eigenvalue weighted by atomic mass is 9.76. The minimum Gasteiger partial charge on any atom is -0.478 e. The van der Waals surface area contributed by atoms with Crippen molar-refractivity contribution in [2.45, 2.75) is 50.9 Å². The third-order valence-corrected chi connectivity index (χ3v) is 6.07. The number of carboxylic acid groups (broad SMARTS) is 1. The van der Waals surface area contributed by atoms with Crippen molar-refractivity contribution >= 4 is 17.5 Å². The summed E-state index contributed by atoms with van der Waals surface area (Å²) < 4.78 is 1.74. The highest BCUT2D eigenvalue weighted by atomic mass is 16.6. The van der Waals surface area contributed by atoms with Crippen LogP contribution in [0.3, 0.4) is 0 Å². The number of hydrogen-bond acceptors (Lipinski definition) is 5. The number of hydrogen-bond donors (Lipinski definition) is 2. The molecular formula is C21H24N4O4. The van der Waals surface area contributed by atoms with E-state index in [9.17, 15) is 20.0 Å². The van der Waals surface area contributed by atoms with Gasteiger partial charge in [-0.1, -0.05) is 37.5 Å². The number of carbonyl (C=O) groups is 1. The summed E-state index contributed by atoms with van der Waals surface area (Å²) in [7, 11) is 1.83. The van der Waals surface area contributed by atoms with Crippen molar-refractivity contribution in [2.24, 2.45) is 7.05 Å². The van der Waals surface area contributed by atoms with Crippen molar-refractivity contribution in [3.8, 4) is 0 Å². The van der Waals surface area contributed by atoms with Gasteiger partial charge in [0.1, 0.15) is 5.82 Å². The summed E-state index contributed by atoms with van der Waals surface area (Å²) in [6.07, 6.45) is 5.41. The van der Waals surface area contributed by atoms with Gasteiger partial charge in [0.2, 0.25) is 0 Å². The highest BCUT2D eigenvalue weighted by Crippen LogP contribution is 2.49. The van der Waals surface area contributed by atoms with Crippen LogP contribution in [0.4, 0.5) is 11.5 Å². The van der Waals surface area contributed by atoms with Gasteiger partial charge in [-0.25, -0.2) is 4.79 Å². The molecule has 152 valence electrons. The van der Waals surface area contributed by atoms with E-state index in [4.69, 9.17) is 5.10 Å². The second kappa shape index (κ2) is 7.35. The second-order valence-electron chi connectivity index (χ2n) is 7.82. The van der Waals surface area contributed by atoms with Gasteiger partial charge < -0.3 is 10.4 Å². The molecule has 1 atom stereocenters. The minimum atomic E-state index is -1.08. The maximum absolute atomic E-state index is 12.2. The largest absolute Gasteiger partial charge is 0.478 e. The number of aromatic nitrogens is 2. The molecule has 0 bridgehead atoms. The van der Waals surface area contributed by atoms with Gasteiger partial charge in [-0.2, -0.15) is 5.10 Å². The van der Waals surface area contributed by atoms with Crippen LogP contribution in [0.25, 0.3) is 0 Å². The quantitative estimate of drug-likeness (QED) is 0.589. The molecule has 1 saturated carbocycles. The van der Waals surface area contributed by atoms with E-state index in [2.05, 4.69) is 5.32 Å². The number of para-hydroxylation sites is 1. The number of carboxylic acids is 1. The van der Waals surface area contributed by atoms with E-state index in [0.717, 1.165) is 42.8 Å². The Kier molecular flexibility index (Phi) is 4.86. The van der Waals surface area contributed by atoms with Gasteiger partial charge in [0.15, 0.2) is 0 Å². The molecule has 2 heterocycles. The SMILES string of the molecule is CC1=C(C(=O)O)C(c2ccccc2[N+](=O)[O-])c2c(C3CCCCC3)nn(C)c2N1. The van der Waals surface area contributed by atoms with Crippen LogP contribution in [0.1, 0.15) is 67.7 Å². The average Bonchev–Trinajstić information content (AvgIpc) is 3.03. The standard InChI is InChI=1S/C21H24N4O4/c1-12-16(21(26)27)17(14-10-6-7-11-15(14)25(28)29)18-19(13-8-4-3-5-9-13)23-24(2)20(18)22-12/h6-7,10-11,13,17,22H,3-5,8-9H2,1-2H3,(H,26,27). The van der Waals surface area contributed by atoms with E-state index in [-0.39, 0.29) is 17.2 Å². The fourth-order valence-corrected chi connectivity index (χ4v) is 4.77. The number of nitrogens with one attached hydrogen (secondary N) is 1. The molecule has 0 amide bonds. The molecule has 1 unspecified atom stereocenters. The highest BCUT2D eigenvalue weighted by Gasteiger charge is 2.41. The molecule has 29 heavy (non-hydrogen) atoms. The van der Waals surface area contributed by atoms with Crippen LogP contribution < -0.4 is 5.32 Å². The molecule has 4 rings (SSSR count). The predicted molar refractivity (Wildman–Crippen MR) is 108 cm³/mol. The van der Waals surface area contributed by atoms with Crippen LogP contribution in [0.2, 0.25) is 0 Å². The Bertz CT molecular complexity index is 1020. The van der Waals surface area contributed by atoms with Crippen LogP contribution in [0.15, 0.2) is 35.5 Å². The third kappa shape index (κ3) is 3.18. The van der Waals surface area contributed by atoms with Crippen LogP contribution in [-0.4, -0.2) is 25.8 Å². The Labute approximate surface area is 168 Å². The Balaban J connectivity index is 1.98. The Hall–Kier alpha value is -3.16. The first kappa shape index (κ1) is 19.2. The lowest BCUT2D eigenvalue weighted by Gasteiger charge is -2.29. The molecule has 2 N–H and O–H groups in total.